The summed E-state index contributed by atoms with van der Waals surface area (Å²) in [6.07, 6.45) is 8.08. The Morgan fingerprint density at radius 3 is 2.88 bits per heavy atom. The Morgan fingerprint density at radius 2 is 2.21 bits per heavy atom. The van der Waals surface area contributed by atoms with Crippen molar-refractivity contribution in [3.05, 3.63) is 18.7 Å². The highest BCUT2D eigenvalue weighted by Crippen LogP contribution is 2.48. The summed E-state index contributed by atoms with van der Waals surface area (Å²) in [5, 5.41) is 0. The predicted octanol–water partition coefficient (Wildman–Crippen LogP) is 1.08. The first-order chi connectivity index (χ1) is 11.3. The number of hydrogen-bond acceptors (Lipinski definition) is 4. The third kappa shape index (κ3) is 3.17. The van der Waals surface area contributed by atoms with E-state index in [1.54, 1.807) is 12.5 Å². The SMILES string of the molecule is CC1(C)C[C@]2(CCCN2C(=O)CCn2ccnc2)[C@H](CC(N)=O)O1. The van der Waals surface area contributed by atoms with Gasteiger partial charge in [-0.05, 0) is 26.7 Å². The number of nitrogens with two attached hydrogens (primary N) is 1. The van der Waals surface area contributed by atoms with Crippen molar-refractivity contribution in [3.63, 3.8) is 0 Å². The third-order valence-corrected chi connectivity index (χ3v) is 5.15. The zero-order valence-electron chi connectivity index (χ0n) is 14.4. The largest absolute Gasteiger partial charge is 0.370 e. The van der Waals surface area contributed by atoms with Crippen molar-refractivity contribution in [2.24, 2.45) is 5.73 Å². The fraction of sp³-hybridized carbons (Fsp3) is 0.706. The van der Waals surface area contributed by atoms with E-state index in [0.29, 0.717) is 13.0 Å². The molecule has 3 heterocycles. The van der Waals surface area contributed by atoms with Gasteiger partial charge in [-0.2, -0.15) is 0 Å². The molecule has 7 nitrogen and oxygen atoms in total. The normalized spacial score (nSPS) is 28.6. The number of primary amides is 1. The number of aromatic nitrogens is 2. The van der Waals surface area contributed by atoms with Gasteiger partial charge < -0.3 is 19.9 Å². The second-order valence-electron chi connectivity index (χ2n) is 7.52. The van der Waals surface area contributed by atoms with Crippen molar-refractivity contribution in [3.8, 4) is 0 Å². The van der Waals surface area contributed by atoms with E-state index in [-0.39, 0.29) is 29.9 Å². The molecule has 0 saturated carbocycles. The van der Waals surface area contributed by atoms with Crippen LogP contribution in [0.2, 0.25) is 0 Å². The summed E-state index contributed by atoms with van der Waals surface area (Å²) in [4.78, 5) is 30.3. The number of aryl methyl sites for hydroxylation is 1. The smallest absolute Gasteiger partial charge is 0.224 e. The van der Waals surface area contributed by atoms with Gasteiger partial charge in [0.25, 0.3) is 0 Å². The molecule has 3 rings (SSSR count). The van der Waals surface area contributed by atoms with Crippen molar-refractivity contribution >= 4 is 11.8 Å². The molecule has 0 radical (unpaired) electrons. The van der Waals surface area contributed by atoms with Crippen LogP contribution < -0.4 is 5.73 Å². The molecule has 24 heavy (non-hydrogen) atoms. The average molecular weight is 334 g/mol. The minimum atomic E-state index is -0.398. The molecule has 2 aliphatic rings. The number of imidazole rings is 1. The molecule has 0 aliphatic carbocycles. The minimum Gasteiger partial charge on any atom is -0.370 e. The minimum absolute atomic E-state index is 0.108. The molecule has 0 bridgehead atoms. The quantitative estimate of drug-likeness (QED) is 0.872. The zero-order valence-corrected chi connectivity index (χ0v) is 14.4. The summed E-state index contributed by atoms with van der Waals surface area (Å²) in [7, 11) is 0. The summed E-state index contributed by atoms with van der Waals surface area (Å²) in [6.45, 7) is 5.36. The zero-order chi connectivity index (χ0) is 17.4. The van der Waals surface area contributed by atoms with Crippen molar-refractivity contribution < 1.29 is 14.3 Å². The molecule has 0 aromatic carbocycles. The number of amides is 2. The Labute approximate surface area is 142 Å². The molecule has 1 aromatic heterocycles. The van der Waals surface area contributed by atoms with E-state index in [4.69, 9.17) is 10.5 Å². The van der Waals surface area contributed by atoms with Crippen molar-refractivity contribution in [2.75, 3.05) is 6.54 Å². The molecular formula is C17H26N4O3. The molecule has 0 unspecified atom stereocenters. The van der Waals surface area contributed by atoms with E-state index in [9.17, 15) is 9.59 Å². The topological polar surface area (TPSA) is 90.5 Å². The number of carbonyl (C=O) groups is 2. The Morgan fingerprint density at radius 1 is 1.42 bits per heavy atom. The summed E-state index contributed by atoms with van der Waals surface area (Å²) in [6, 6.07) is 0. The van der Waals surface area contributed by atoms with Gasteiger partial charge >= 0.3 is 0 Å². The molecule has 1 aromatic rings. The highest BCUT2D eigenvalue weighted by atomic mass is 16.5. The van der Waals surface area contributed by atoms with Crippen LogP contribution in [0.3, 0.4) is 0 Å². The van der Waals surface area contributed by atoms with Gasteiger partial charge in [0.1, 0.15) is 0 Å². The van der Waals surface area contributed by atoms with Gasteiger partial charge in [0.15, 0.2) is 0 Å². The molecule has 2 amide bonds. The molecule has 1 spiro atoms. The van der Waals surface area contributed by atoms with Crippen molar-refractivity contribution in [2.45, 2.75) is 69.7 Å². The standard InChI is InChI=1S/C17H26N4O3/c1-16(2)11-17(13(24-16)10-14(18)22)5-3-7-21(17)15(23)4-8-20-9-6-19-12-20/h6,9,12-13H,3-5,7-8,10-11H2,1-2H3,(H2,18,22)/t13-,17+/m0/s1. The number of nitrogens with zero attached hydrogens (tertiary/aromatic N) is 3. The van der Waals surface area contributed by atoms with E-state index in [0.717, 1.165) is 25.8 Å². The first-order valence-corrected chi connectivity index (χ1v) is 8.55. The van der Waals surface area contributed by atoms with Gasteiger partial charge in [-0.15, -0.1) is 0 Å². The molecule has 2 N–H and O–H groups in total. The monoisotopic (exact) mass is 334 g/mol. The Bertz CT molecular complexity index is 613. The second-order valence-corrected chi connectivity index (χ2v) is 7.52. The molecule has 132 valence electrons. The fourth-order valence-corrected chi connectivity index (χ4v) is 4.37. The maximum Gasteiger partial charge on any atom is 0.224 e. The number of hydrogen-bond donors (Lipinski definition) is 1. The van der Waals surface area contributed by atoms with Crippen LogP contribution in [-0.2, 0) is 20.9 Å². The lowest BCUT2D eigenvalue weighted by molar-refractivity contribution is -0.140. The first kappa shape index (κ1) is 17.0. The average Bonchev–Trinajstić information content (AvgIpc) is 3.17. The number of likely N-dealkylation sites (tertiary alicyclic amines) is 1. The van der Waals surface area contributed by atoms with E-state index in [1.807, 2.05) is 29.5 Å². The van der Waals surface area contributed by atoms with E-state index >= 15 is 0 Å². The maximum atomic E-state index is 12.9. The molecule has 2 atom stereocenters. The molecule has 2 aliphatic heterocycles. The molecule has 7 heteroatoms. The van der Waals surface area contributed by atoms with Gasteiger partial charge in [0, 0.05) is 38.3 Å². The van der Waals surface area contributed by atoms with E-state index in [2.05, 4.69) is 4.98 Å². The van der Waals surface area contributed by atoms with Gasteiger partial charge in [0.05, 0.1) is 30.0 Å². The Hall–Kier alpha value is -1.89. The van der Waals surface area contributed by atoms with Gasteiger partial charge in [0.2, 0.25) is 11.8 Å². The van der Waals surface area contributed by atoms with Crippen LogP contribution in [-0.4, -0.2) is 50.1 Å². The van der Waals surface area contributed by atoms with Crippen LogP contribution in [0, 0.1) is 0 Å². The van der Waals surface area contributed by atoms with Gasteiger partial charge in [-0.3, -0.25) is 9.59 Å². The lowest BCUT2D eigenvalue weighted by Crippen LogP contribution is -2.53. The summed E-state index contributed by atoms with van der Waals surface area (Å²) < 4.78 is 8.02. The van der Waals surface area contributed by atoms with E-state index in [1.165, 1.54) is 0 Å². The summed E-state index contributed by atoms with van der Waals surface area (Å²) in [5.74, 6) is -0.272. The predicted molar refractivity (Wildman–Crippen MR) is 87.9 cm³/mol. The lowest BCUT2D eigenvalue weighted by atomic mass is 9.82. The van der Waals surface area contributed by atoms with Crippen LogP contribution in [0.1, 0.15) is 46.0 Å². The fourth-order valence-electron chi connectivity index (χ4n) is 4.37. The summed E-state index contributed by atoms with van der Waals surface area (Å²) >= 11 is 0. The van der Waals surface area contributed by atoms with Gasteiger partial charge in [-0.1, -0.05) is 0 Å². The van der Waals surface area contributed by atoms with E-state index < -0.39 is 5.54 Å². The van der Waals surface area contributed by atoms with Crippen molar-refractivity contribution in [1.82, 2.24) is 14.5 Å². The maximum absolute atomic E-state index is 12.9. The second kappa shape index (κ2) is 6.20. The van der Waals surface area contributed by atoms with Crippen LogP contribution in [0.25, 0.3) is 0 Å². The highest BCUT2D eigenvalue weighted by molar-refractivity contribution is 5.78. The molecular weight excluding hydrogens is 308 g/mol. The Balaban J connectivity index is 1.76. The summed E-state index contributed by atoms with van der Waals surface area (Å²) in [5.41, 5.74) is 4.67. The van der Waals surface area contributed by atoms with Crippen LogP contribution >= 0.6 is 0 Å². The first-order valence-electron chi connectivity index (χ1n) is 8.55. The number of rotatable bonds is 5. The van der Waals surface area contributed by atoms with Crippen LogP contribution in [0.5, 0.6) is 0 Å². The van der Waals surface area contributed by atoms with Crippen LogP contribution in [0.15, 0.2) is 18.7 Å². The third-order valence-electron chi connectivity index (χ3n) is 5.15. The molecule has 2 fully saturated rings. The number of carbonyl (C=O) groups excluding carboxylic acids is 2. The molecule has 2 saturated heterocycles. The van der Waals surface area contributed by atoms with Crippen molar-refractivity contribution in [1.29, 1.82) is 0 Å². The van der Waals surface area contributed by atoms with Crippen LogP contribution in [0.4, 0.5) is 0 Å². The number of ether oxygens (including phenoxy) is 1. The Kier molecular flexibility index (Phi) is 4.38. The lowest BCUT2D eigenvalue weighted by Gasteiger charge is -2.38. The highest BCUT2D eigenvalue weighted by Gasteiger charge is 2.58. The van der Waals surface area contributed by atoms with Gasteiger partial charge in [-0.25, -0.2) is 4.98 Å².